The Kier molecular flexibility index (Phi) is 4.16. The van der Waals surface area contributed by atoms with Crippen LogP contribution in [0.3, 0.4) is 0 Å². The van der Waals surface area contributed by atoms with E-state index in [-0.39, 0.29) is 18.5 Å². The van der Waals surface area contributed by atoms with Gasteiger partial charge in [0.15, 0.2) is 5.76 Å². The number of rotatable bonds is 5. The molecule has 19 heavy (non-hydrogen) atoms. The van der Waals surface area contributed by atoms with Crippen LogP contribution in [0.2, 0.25) is 0 Å². The molecular weight excluding hydrogens is 247 g/mol. The molecule has 0 aliphatic heterocycles. The summed E-state index contributed by atoms with van der Waals surface area (Å²) in [6.45, 7) is 3.97. The minimum Gasteiger partial charge on any atom is -0.485 e. The Hall–Kier alpha value is -1.88. The molecule has 0 amide bonds. The van der Waals surface area contributed by atoms with Gasteiger partial charge in [-0.15, -0.1) is 0 Å². The summed E-state index contributed by atoms with van der Waals surface area (Å²) in [6, 6.07) is 6.16. The third-order valence-corrected chi connectivity index (χ3v) is 2.61. The lowest BCUT2D eigenvalue weighted by Gasteiger charge is -2.12. The van der Waals surface area contributed by atoms with Crippen LogP contribution < -0.4 is 10.5 Å². The summed E-state index contributed by atoms with van der Waals surface area (Å²) in [6.07, 6.45) is 0.558. The molecule has 0 saturated carbocycles. The van der Waals surface area contributed by atoms with Crippen molar-refractivity contribution in [3.63, 3.8) is 0 Å². The zero-order valence-corrected chi connectivity index (χ0v) is 11.0. The van der Waals surface area contributed by atoms with Crippen molar-refractivity contribution in [2.24, 2.45) is 5.73 Å². The van der Waals surface area contributed by atoms with E-state index in [1.807, 2.05) is 13.8 Å². The van der Waals surface area contributed by atoms with Crippen LogP contribution in [0.1, 0.15) is 23.9 Å². The van der Waals surface area contributed by atoms with Crippen molar-refractivity contribution < 1.29 is 13.7 Å². The monoisotopic (exact) mass is 264 g/mol. The van der Waals surface area contributed by atoms with Gasteiger partial charge in [0, 0.05) is 12.1 Å². The highest BCUT2D eigenvalue weighted by atomic mass is 19.1. The van der Waals surface area contributed by atoms with Crippen LogP contribution >= 0.6 is 0 Å². The highest BCUT2D eigenvalue weighted by Crippen LogP contribution is 2.22. The van der Waals surface area contributed by atoms with Crippen molar-refractivity contribution in [3.05, 3.63) is 47.1 Å². The number of ether oxygens (including phenoxy) is 1. The molecule has 1 atom stereocenters. The number of hydrogen-bond acceptors (Lipinski definition) is 4. The highest BCUT2D eigenvalue weighted by molar-refractivity contribution is 5.34. The van der Waals surface area contributed by atoms with Gasteiger partial charge in [-0.1, -0.05) is 5.16 Å². The van der Waals surface area contributed by atoms with Gasteiger partial charge < -0.3 is 15.0 Å². The third-order valence-electron chi connectivity index (χ3n) is 2.61. The molecule has 1 aromatic heterocycles. The topological polar surface area (TPSA) is 61.3 Å². The van der Waals surface area contributed by atoms with E-state index in [9.17, 15) is 4.39 Å². The summed E-state index contributed by atoms with van der Waals surface area (Å²) in [5, 5.41) is 3.78. The van der Waals surface area contributed by atoms with Gasteiger partial charge in [0.05, 0.1) is 5.69 Å². The van der Waals surface area contributed by atoms with Crippen molar-refractivity contribution in [2.45, 2.75) is 32.9 Å². The van der Waals surface area contributed by atoms with Gasteiger partial charge in [0.25, 0.3) is 0 Å². The van der Waals surface area contributed by atoms with E-state index in [1.54, 1.807) is 12.1 Å². The molecule has 102 valence electrons. The molecular formula is C14H17FN2O2. The van der Waals surface area contributed by atoms with E-state index in [2.05, 4.69) is 5.16 Å². The second-order valence-electron chi connectivity index (χ2n) is 4.66. The molecule has 0 aliphatic carbocycles. The van der Waals surface area contributed by atoms with E-state index in [0.29, 0.717) is 17.9 Å². The Balaban J connectivity index is 2.10. The van der Waals surface area contributed by atoms with E-state index in [0.717, 1.165) is 11.3 Å². The second-order valence-corrected chi connectivity index (χ2v) is 4.66. The maximum Gasteiger partial charge on any atom is 0.174 e. The van der Waals surface area contributed by atoms with Crippen LogP contribution in [0.5, 0.6) is 5.75 Å². The molecule has 0 radical (unpaired) electrons. The Morgan fingerprint density at radius 2 is 2.21 bits per heavy atom. The van der Waals surface area contributed by atoms with E-state index in [1.165, 1.54) is 12.1 Å². The summed E-state index contributed by atoms with van der Waals surface area (Å²) < 4.78 is 23.9. The van der Waals surface area contributed by atoms with Crippen molar-refractivity contribution in [1.29, 1.82) is 0 Å². The third kappa shape index (κ3) is 3.79. The zero-order valence-electron chi connectivity index (χ0n) is 11.0. The quantitative estimate of drug-likeness (QED) is 0.901. The molecule has 2 rings (SSSR count). The van der Waals surface area contributed by atoms with E-state index in [4.69, 9.17) is 15.0 Å². The second kappa shape index (κ2) is 5.84. The standard InChI is InChI=1S/C14H17FN2O2/c1-9(16)5-11-7-12(15)3-4-14(11)18-8-13-6-10(2)17-19-13/h3-4,6-7,9H,5,8,16H2,1-2H3. The zero-order chi connectivity index (χ0) is 13.8. The van der Waals surface area contributed by atoms with Crippen molar-refractivity contribution in [2.75, 3.05) is 0 Å². The molecule has 0 aliphatic rings. The van der Waals surface area contributed by atoms with Crippen molar-refractivity contribution in [3.8, 4) is 5.75 Å². The molecule has 2 N–H and O–H groups in total. The van der Waals surface area contributed by atoms with Crippen LogP contribution in [0.4, 0.5) is 4.39 Å². The molecule has 1 unspecified atom stereocenters. The molecule has 0 fully saturated rings. The fraction of sp³-hybridized carbons (Fsp3) is 0.357. The summed E-state index contributed by atoms with van der Waals surface area (Å²) >= 11 is 0. The number of aryl methyl sites for hydroxylation is 1. The van der Waals surface area contributed by atoms with Crippen molar-refractivity contribution >= 4 is 0 Å². The SMILES string of the molecule is Cc1cc(COc2ccc(F)cc2CC(C)N)on1. The van der Waals surface area contributed by atoms with E-state index >= 15 is 0 Å². The molecule has 1 heterocycles. The van der Waals surface area contributed by atoms with Crippen LogP contribution in [-0.2, 0) is 13.0 Å². The van der Waals surface area contributed by atoms with Crippen LogP contribution in [0.25, 0.3) is 0 Å². The highest BCUT2D eigenvalue weighted by Gasteiger charge is 2.09. The van der Waals surface area contributed by atoms with Crippen LogP contribution in [-0.4, -0.2) is 11.2 Å². The molecule has 2 aromatic rings. The smallest absolute Gasteiger partial charge is 0.174 e. The first-order chi connectivity index (χ1) is 9.04. The summed E-state index contributed by atoms with van der Waals surface area (Å²) in [5.41, 5.74) is 7.30. The van der Waals surface area contributed by atoms with Crippen LogP contribution in [0, 0.1) is 12.7 Å². The van der Waals surface area contributed by atoms with Gasteiger partial charge in [0.1, 0.15) is 18.2 Å². The Labute approximate surface area is 111 Å². The molecule has 1 aromatic carbocycles. The predicted molar refractivity (Wildman–Crippen MR) is 69.3 cm³/mol. The molecule has 4 nitrogen and oxygen atoms in total. The summed E-state index contributed by atoms with van der Waals surface area (Å²) in [7, 11) is 0. The summed E-state index contributed by atoms with van der Waals surface area (Å²) in [4.78, 5) is 0. The van der Waals surface area contributed by atoms with Crippen molar-refractivity contribution in [1.82, 2.24) is 5.16 Å². The minimum atomic E-state index is -0.293. The average molecular weight is 264 g/mol. The maximum absolute atomic E-state index is 13.2. The van der Waals surface area contributed by atoms with Gasteiger partial charge >= 0.3 is 0 Å². The largest absolute Gasteiger partial charge is 0.485 e. The number of hydrogen-bond donors (Lipinski definition) is 1. The lowest BCUT2D eigenvalue weighted by molar-refractivity contribution is 0.246. The number of nitrogens with zero attached hydrogens (tertiary/aromatic N) is 1. The number of nitrogens with two attached hydrogens (primary N) is 1. The Morgan fingerprint density at radius 1 is 1.42 bits per heavy atom. The fourth-order valence-electron chi connectivity index (χ4n) is 1.83. The first-order valence-corrected chi connectivity index (χ1v) is 6.13. The van der Waals surface area contributed by atoms with Gasteiger partial charge in [-0.05, 0) is 44.0 Å². The molecule has 0 saturated heterocycles. The first kappa shape index (κ1) is 13.5. The summed E-state index contributed by atoms with van der Waals surface area (Å²) in [5.74, 6) is 0.958. The van der Waals surface area contributed by atoms with Crippen LogP contribution in [0.15, 0.2) is 28.8 Å². The normalized spacial score (nSPS) is 12.4. The predicted octanol–water partition coefficient (Wildman–Crippen LogP) is 2.59. The van der Waals surface area contributed by atoms with Gasteiger partial charge in [-0.2, -0.15) is 0 Å². The average Bonchev–Trinajstić information content (AvgIpc) is 2.73. The molecule has 5 heteroatoms. The Morgan fingerprint density at radius 3 is 2.84 bits per heavy atom. The molecule has 0 spiro atoms. The van der Waals surface area contributed by atoms with Gasteiger partial charge in [-0.3, -0.25) is 0 Å². The van der Waals surface area contributed by atoms with Gasteiger partial charge in [-0.25, -0.2) is 4.39 Å². The number of benzene rings is 1. The van der Waals surface area contributed by atoms with Gasteiger partial charge in [0.2, 0.25) is 0 Å². The lowest BCUT2D eigenvalue weighted by atomic mass is 10.1. The fourth-order valence-corrected chi connectivity index (χ4v) is 1.83. The number of halogens is 1. The molecule has 0 bridgehead atoms. The minimum absolute atomic E-state index is 0.0586. The maximum atomic E-state index is 13.2. The number of aromatic nitrogens is 1. The lowest BCUT2D eigenvalue weighted by Crippen LogP contribution is -2.18. The van der Waals surface area contributed by atoms with E-state index < -0.39 is 0 Å². The first-order valence-electron chi connectivity index (χ1n) is 6.13. The Bertz CT molecular complexity index is 552.